The number of nitrogens with two attached hydrogens (primary N) is 1. The van der Waals surface area contributed by atoms with Gasteiger partial charge in [-0.15, -0.1) is 0 Å². The highest BCUT2D eigenvalue weighted by Gasteiger charge is 2.18. The highest BCUT2D eigenvalue weighted by molar-refractivity contribution is 6.02. The van der Waals surface area contributed by atoms with Gasteiger partial charge >= 0.3 is 5.97 Å². The summed E-state index contributed by atoms with van der Waals surface area (Å²) in [6, 6.07) is 14.5. The summed E-state index contributed by atoms with van der Waals surface area (Å²) in [5.41, 5.74) is 7.80. The normalized spacial score (nSPS) is 10.7. The molecule has 0 aliphatic heterocycles. The number of fused-ring (bicyclic) bond motifs is 1. The predicted molar refractivity (Wildman–Crippen MR) is 89.8 cm³/mol. The monoisotopic (exact) mass is 323 g/mol. The Balaban J connectivity index is 1.97. The van der Waals surface area contributed by atoms with Gasteiger partial charge in [-0.25, -0.2) is 4.79 Å². The first-order valence-electron chi connectivity index (χ1n) is 7.61. The molecule has 1 heterocycles. The summed E-state index contributed by atoms with van der Waals surface area (Å²) in [5, 5.41) is 5.17. The second kappa shape index (κ2) is 6.54. The van der Waals surface area contributed by atoms with Gasteiger partial charge in [0.25, 0.3) is 0 Å². The number of esters is 1. The van der Waals surface area contributed by atoms with Gasteiger partial charge in [0, 0.05) is 10.9 Å². The number of carbonyl (C=O) groups excluding carboxylic acids is 2. The molecule has 0 aliphatic carbocycles. The van der Waals surface area contributed by atoms with Crippen molar-refractivity contribution in [1.29, 1.82) is 0 Å². The number of hydrogen-bond acceptors (Lipinski definition) is 4. The van der Waals surface area contributed by atoms with Gasteiger partial charge in [0.15, 0.2) is 5.69 Å². The predicted octanol–water partition coefficient (Wildman–Crippen LogP) is 2.36. The van der Waals surface area contributed by atoms with Crippen molar-refractivity contribution in [2.75, 3.05) is 6.61 Å². The zero-order valence-corrected chi connectivity index (χ0v) is 13.2. The van der Waals surface area contributed by atoms with Crippen LogP contribution in [0.1, 0.15) is 33.3 Å². The van der Waals surface area contributed by atoms with E-state index >= 15 is 0 Å². The van der Waals surface area contributed by atoms with Crippen LogP contribution >= 0.6 is 0 Å². The van der Waals surface area contributed by atoms with E-state index in [0.717, 1.165) is 16.5 Å². The fourth-order valence-electron chi connectivity index (χ4n) is 2.55. The fourth-order valence-corrected chi connectivity index (χ4v) is 2.55. The molecular weight excluding hydrogens is 306 g/mol. The molecule has 3 rings (SSSR count). The number of amides is 1. The lowest BCUT2D eigenvalue weighted by Crippen LogP contribution is -2.11. The van der Waals surface area contributed by atoms with Crippen LogP contribution in [0, 0.1) is 0 Å². The van der Waals surface area contributed by atoms with Crippen molar-refractivity contribution in [2.45, 2.75) is 13.5 Å². The molecule has 1 aromatic heterocycles. The Hall–Kier alpha value is -3.15. The number of aromatic nitrogens is 2. The molecule has 0 atom stereocenters. The topological polar surface area (TPSA) is 87.2 Å². The number of ether oxygens (including phenoxy) is 1. The van der Waals surface area contributed by atoms with Crippen LogP contribution in [0.5, 0.6) is 0 Å². The highest BCUT2D eigenvalue weighted by Crippen LogP contribution is 2.20. The number of primary amides is 1. The Morgan fingerprint density at radius 2 is 1.83 bits per heavy atom. The highest BCUT2D eigenvalue weighted by atomic mass is 16.5. The lowest BCUT2D eigenvalue weighted by atomic mass is 10.1. The Kier molecular flexibility index (Phi) is 4.29. The van der Waals surface area contributed by atoms with Crippen molar-refractivity contribution in [3.05, 3.63) is 65.4 Å². The maximum absolute atomic E-state index is 12.1. The minimum atomic E-state index is -0.462. The second-order valence-corrected chi connectivity index (χ2v) is 5.31. The summed E-state index contributed by atoms with van der Waals surface area (Å²) in [6.07, 6.45) is 0. The molecule has 2 N–H and O–H groups in total. The summed E-state index contributed by atoms with van der Waals surface area (Å²) in [5.74, 6) is -0.896. The molecule has 3 aromatic rings. The van der Waals surface area contributed by atoms with Crippen LogP contribution in [0.25, 0.3) is 10.9 Å². The van der Waals surface area contributed by atoms with Gasteiger partial charge in [-0.05, 0) is 30.7 Å². The first-order valence-corrected chi connectivity index (χ1v) is 7.61. The molecule has 6 heteroatoms. The molecule has 0 saturated carbocycles. The Morgan fingerprint density at radius 3 is 2.50 bits per heavy atom. The van der Waals surface area contributed by atoms with E-state index in [1.807, 2.05) is 36.4 Å². The zero-order valence-electron chi connectivity index (χ0n) is 13.2. The standard InChI is InChI=1S/C18H17N3O3/c1-2-24-18(23)16-14-5-3-4-6-15(14)21(20-16)11-12-7-9-13(10-8-12)17(19)22/h3-10H,2,11H2,1H3,(H2,19,22). The van der Waals surface area contributed by atoms with E-state index < -0.39 is 11.9 Å². The van der Waals surface area contributed by atoms with Gasteiger partial charge in [-0.2, -0.15) is 5.10 Å². The molecule has 0 spiro atoms. The third kappa shape index (κ3) is 2.99. The van der Waals surface area contributed by atoms with Crippen LogP contribution in [-0.4, -0.2) is 28.3 Å². The van der Waals surface area contributed by atoms with E-state index in [4.69, 9.17) is 10.5 Å². The molecule has 0 unspecified atom stereocenters. The first kappa shape index (κ1) is 15.7. The average Bonchev–Trinajstić information content (AvgIpc) is 2.95. The van der Waals surface area contributed by atoms with Crippen LogP contribution < -0.4 is 5.73 Å². The Labute approximate surface area is 138 Å². The van der Waals surface area contributed by atoms with Crippen molar-refractivity contribution in [3.8, 4) is 0 Å². The maximum atomic E-state index is 12.1. The molecule has 2 aromatic carbocycles. The van der Waals surface area contributed by atoms with E-state index in [0.29, 0.717) is 24.4 Å². The molecule has 0 saturated heterocycles. The molecule has 1 amide bonds. The Bertz CT molecular complexity index is 898. The van der Waals surface area contributed by atoms with Gasteiger partial charge in [0.2, 0.25) is 5.91 Å². The smallest absolute Gasteiger partial charge is 0.359 e. The van der Waals surface area contributed by atoms with E-state index in [1.54, 1.807) is 23.7 Å². The summed E-state index contributed by atoms with van der Waals surface area (Å²) < 4.78 is 6.83. The number of hydrogen-bond donors (Lipinski definition) is 1. The van der Waals surface area contributed by atoms with E-state index in [-0.39, 0.29) is 0 Å². The lowest BCUT2D eigenvalue weighted by molar-refractivity contribution is 0.0520. The number of rotatable bonds is 5. The van der Waals surface area contributed by atoms with Crippen molar-refractivity contribution < 1.29 is 14.3 Å². The van der Waals surface area contributed by atoms with Gasteiger partial charge < -0.3 is 10.5 Å². The summed E-state index contributed by atoms with van der Waals surface area (Å²) in [6.45, 7) is 2.53. The first-order chi connectivity index (χ1) is 11.6. The summed E-state index contributed by atoms with van der Waals surface area (Å²) in [7, 11) is 0. The van der Waals surface area contributed by atoms with Crippen molar-refractivity contribution in [2.24, 2.45) is 5.73 Å². The van der Waals surface area contributed by atoms with E-state index in [9.17, 15) is 9.59 Å². The summed E-state index contributed by atoms with van der Waals surface area (Å²) >= 11 is 0. The van der Waals surface area contributed by atoms with E-state index in [1.165, 1.54) is 0 Å². The largest absolute Gasteiger partial charge is 0.461 e. The van der Waals surface area contributed by atoms with Gasteiger partial charge in [0.05, 0.1) is 18.7 Å². The number of benzene rings is 2. The van der Waals surface area contributed by atoms with Crippen LogP contribution in [0.3, 0.4) is 0 Å². The van der Waals surface area contributed by atoms with Crippen LogP contribution in [0.2, 0.25) is 0 Å². The second-order valence-electron chi connectivity index (χ2n) is 5.31. The van der Waals surface area contributed by atoms with Crippen LogP contribution in [0.4, 0.5) is 0 Å². The quantitative estimate of drug-likeness (QED) is 0.730. The zero-order chi connectivity index (χ0) is 17.1. The number of para-hydroxylation sites is 1. The minimum absolute atomic E-state index is 0.300. The molecule has 0 radical (unpaired) electrons. The maximum Gasteiger partial charge on any atom is 0.359 e. The van der Waals surface area contributed by atoms with Gasteiger partial charge in [-0.3, -0.25) is 9.48 Å². The van der Waals surface area contributed by atoms with Crippen LogP contribution in [0.15, 0.2) is 48.5 Å². The molecule has 6 nitrogen and oxygen atoms in total. The molecule has 0 bridgehead atoms. The van der Waals surface area contributed by atoms with E-state index in [2.05, 4.69) is 5.10 Å². The summed E-state index contributed by atoms with van der Waals surface area (Å²) in [4.78, 5) is 23.2. The van der Waals surface area contributed by atoms with Crippen molar-refractivity contribution >= 4 is 22.8 Å². The van der Waals surface area contributed by atoms with Crippen molar-refractivity contribution in [3.63, 3.8) is 0 Å². The lowest BCUT2D eigenvalue weighted by Gasteiger charge is -2.04. The molecular formula is C18H17N3O3. The van der Waals surface area contributed by atoms with Gasteiger partial charge in [-0.1, -0.05) is 30.3 Å². The molecule has 0 fully saturated rings. The average molecular weight is 323 g/mol. The SMILES string of the molecule is CCOC(=O)c1nn(Cc2ccc(C(N)=O)cc2)c2ccccc12. The molecule has 24 heavy (non-hydrogen) atoms. The third-order valence-electron chi connectivity index (χ3n) is 3.70. The van der Waals surface area contributed by atoms with Crippen LogP contribution in [-0.2, 0) is 11.3 Å². The van der Waals surface area contributed by atoms with Gasteiger partial charge in [0.1, 0.15) is 0 Å². The Morgan fingerprint density at radius 1 is 1.12 bits per heavy atom. The third-order valence-corrected chi connectivity index (χ3v) is 3.70. The number of carbonyl (C=O) groups is 2. The number of nitrogens with zero attached hydrogens (tertiary/aromatic N) is 2. The fraction of sp³-hybridized carbons (Fsp3) is 0.167. The molecule has 0 aliphatic rings. The minimum Gasteiger partial charge on any atom is -0.461 e. The van der Waals surface area contributed by atoms with Crippen molar-refractivity contribution in [1.82, 2.24) is 9.78 Å². The molecule has 122 valence electrons.